The van der Waals surface area contributed by atoms with Crippen molar-refractivity contribution in [1.29, 1.82) is 0 Å². The zero-order valence-electron chi connectivity index (χ0n) is 12.2. The van der Waals surface area contributed by atoms with E-state index in [0.717, 1.165) is 38.1 Å². The molecule has 0 spiro atoms. The number of methoxy groups -OCH3 is 1. The number of ether oxygens (including phenoxy) is 1. The predicted molar refractivity (Wildman–Crippen MR) is 78.1 cm³/mol. The number of benzene rings is 1. The summed E-state index contributed by atoms with van der Waals surface area (Å²) in [6.45, 7) is 4.00. The van der Waals surface area contributed by atoms with Crippen molar-refractivity contribution in [3.8, 4) is 5.75 Å². The Labute approximate surface area is 120 Å². The van der Waals surface area contributed by atoms with Gasteiger partial charge in [-0.25, -0.2) is 0 Å². The Bertz CT molecular complexity index is 444. The summed E-state index contributed by atoms with van der Waals surface area (Å²) < 4.78 is 5.15. The van der Waals surface area contributed by atoms with Crippen molar-refractivity contribution in [2.45, 2.75) is 32.2 Å². The van der Waals surface area contributed by atoms with Gasteiger partial charge in [0.2, 0.25) is 0 Å². The van der Waals surface area contributed by atoms with Crippen LogP contribution in [0.4, 0.5) is 0 Å². The Morgan fingerprint density at radius 2 is 2.10 bits per heavy atom. The highest BCUT2D eigenvalue weighted by Gasteiger charge is 2.29. The minimum absolute atomic E-state index is 0.165. The summed E-state index contributed by atoms with van der Waals surface area (Å²) in [5.41, 5.74) is 1.29. The van der Waals surface area contributed by atoms with Gasteiger partial charge in [-0.1, -0.05) is 12.1 Å². The van der Waals surface area contributed by atoms with Gasteiger partial charge in [0.15, 0.2) is 0 Å². The van der Waals surface area contributed by atoms with E-state index in [2.05, 4.69) is 24.0 Å². The molecule has 1 heterocycles. The SMILES string of the molecule is COc1ccc(CCN2CCC(C(=O)O)CC2C)cc1. The third-order valence-corrected chi connectivity index (χ3v) is 4.21. The molecule has 0 bridgehead atoms. The fourth-order valence-electron chi connectivity index (χ4n) is 2.84. The Balaban J connectivity index is 1.83. The Kier molecular flexibility index (Phi) is 5.01. The molecule has 0 aliphatic carbocycles. The maximum atomic E-state index is 11.0. The molecule has 1 saturated heterocycles. The molecule has 0 aromatic heterocycles. The minimum Gasteiger partial charge on any atom is -0.497 e. The minimum atomic E-state index is -0.647. The Hall–Kier alpha value is -1.55. The monoisotopic (exact) mass is 277 g/mol. The molecular weight excluding hydrogens is 254 g/mol. The molecule has 4 nitrogen and oxygen atoms in total. The predicted octanol–water partition coefficient (Wildman–Crippen LogP) is 2.42. The number of carboxylic acids is 1. The molecule has 0 saturated carbocycles. The van der Waals surface area contributed by atoms with Crippen LogP contribution in [0.1, 0.15) is 25.3 Å². The maximum absolute atomic E-state index is 11.0. The standard InChI is InChI=1S/C16H23NO3/c1-12-11-14(16(18)19)8-10-17(12)9-7-13-3-5-15(20-2)6-4-13/h3-6,12,14H,7-11H2,1-2H3,(H,18,19). The summed E-state index contributed by atoms with van der Waals surface area (Å²) in [5, 5.41) is 9.07. The van der Waals surface area contributed by atoms with E-state index in [-0.39, 0.29) is 5.92 Å². The largest absolute Gasteiger partial charge is 0.497 e. The molecule has 0 amide bonds. The van der Waals surface area contributed by atoms with Crippen LogP contribution in [0, 0.1) is 5.92 Å². The van der Waals surface area contributed by atoms with E-state index in [1.54, 1.807) is 7.11 Å². The van der Waals surface area contributed by atoms with E-state index in [4.69, 9.17) is 9.84 Å². The van der Waals surface area contributed by atoms with Gasteiger partial charge in [0.1, 0.15) is 5.75 Å². The number of carboxylic acid groups (broad SMARTS) is 1. The highest BCUT2D eigenvalue weighted by Crippen LogP contribution is 2.23. The molecule has 2 rings (SSSR count). The van der Waals surface area contributed by atoms with Crippen molar-refractivity contribution < 1.29 is 14.6 Å². The van der Waals surface area contributed by atoms with E-state index in [0.29, 0.717) is 6.04 Å². The molecule has 1 aliphatic rings. The number of piperidine rings is 1. The quantitative estimate of drug-likeness (QED) is 0.898. The fraction of sp³-hybridized carbons (Fsp3) is 0.562. The lowest BCUT2D eigenvalue weighted by atomic mass is 9.91. The number of carbonyl (C=O) groups is 1. The summed E-state index contributed by atoms with van der Waals surface area (Å²) in [6, 6.07) is 8.49. The summed E-state index contributed by atoms with van der Waals surface area (Å²) in [7, 11) is 1.67. The van der Waals surface area contributed by atoms with E-state index in [9.17, 15) is 4.79 Å². The molecule has 1 aromatic rings. The lowest BCUT2D eigenvalue weighted by Gasteiger charge is -2.36. The topological polar surface area (TPSA) is 49.8 Å². The van der Waals surface area contributed by atoms with Gasteiger partial charge in [-0.3, -0.25) is 4.79 Å². The van der Waals surface area contributed by atoms with Crippen molar-refractivity contribution in [2.24, 2.45) is 5.92 Å². The molecule has 1 aromatic carbocycles. The number of hydrogen-bond acceptors (Lipinski definition) is 3. The Morgan fingerprint density at radius 1 is 1.40 bits per heavy atom. The molecule has 1 fully saturated rings. The number of hydrogen-bond donors (Lipinski definition) is 1. The van der Waals surface area contributed by atoms with Crippen molar-refractivity contribution in [2.75, 3.05) is 20.2 Å². The van der Waals surface area contributed by atoms with Gasteiger partial charge in [-0.15, -0.1) is 0 Å². The zero-order valence-corrected chi connectivity index (χ0v) is 12.2. The van der Waals surface area contributed by atoms with Gasteiger partial charge in [0.05, 0.1) is 13.0 Å². The molecule has 4 heteroatoms. The summed E-state index contributed by atoms with van der Waals surface area (Å²) in [5.74, 6) is 0.0679. The second-order valence-electron chi connectivity index (χ2n) is 5.54. The highest BCUT2D eigenvalue weighted by molar-refractivity contribution is 5.70. The van der Waals surface area contributed by atoms with Crippen LogP contribution in [0.25, 0.3) is 0 Å². The lowest BCUT2D eigenvalue weighted by molar-refractivity contribution is -0.144. The molecule has 110 valence electrons. The first kappa shape index (κ1) is 14.9. The van der Waals surface area contributed by atoms with Crippen molar-refractivity contribution in [3.63, 3.8) is 0 Å². The molecule has 2 unspecified atom stereocenters. The third kappa shape index (κ3) is 3.73. The van der Waals surface area contributed by atoms with Crippen LogP contribution in [0.15, 0.2) is 24.3 Å². The van der Waals surface area contributed by atoms with Gasteiger partial charge in [0.25, 0.3) is 0 Å². The normalized spacial score (nSPS) is 23.5. The molecule has 2 atom stereocenters. The van der Waals surface area contributed by atoms with Gasteiger partial charge in [-0.2, -0.15) is 0 Å². The second-order valence-corrected chi connectivity index (χ2v) is 5.54. The number of nitrogens with zero attached hydrogens (tertiary/aromatic N) is 1. The Morgan fingerprint density at radius 3 is 2.65 bits per heavy atom. The molecule has 1 aliphatic heterocycles. The molecule has 0 radical (unpaired) electrons. The molecule has 20 heavy (non-hydrogen) atoms. The van der Waals surface area contributed by atoms with Crippen LogP contribution < -0.4 is 4.74 Å². The first-order valence-electron chi connectivity index (χ1n) is 7.20. The van der Waals surface area contributed by atoms with Crippen LogP contribution in [0.5, 0.6) is 5.75 Å². The first-order valence-corrected chi connectivity index (χ1v) is 7.20. The van der Waals surface area contributed by atoms with Crippen LogP contribution in [0.3, 0.4) is 0 Å². The zero-order chi connectivity index (χ0) is 14.5. The van der Waals surface area contributed by atoms with Crippen LogP contribution in [0.2, 0.25) is 0 Å². The van der Waals surface area contributed by atoms with Crippen molar-refractivity contribution >= 4 is 5.97 Å². The van der Waals surface area contributed by atoms with Crippen LogP contribution >= 0.6 is 0 Å². The van der Waals surface area contributed by atoms with E-state index in [1.165, 1.54) is 5.56 Å². The third-order valence-electron chi connectivity index (χ3n) is 4.21. The smallest absolute Gasteiger partial charge is 0.306 e. The summed E-state index contributed by atoms with van der Waals surface area (Å²) >= 11 is 0. The van der Waals surface area contributed by atoms with E-state index >= 15 is 0 Å². The van der Waals surface area contributed by atoms with Crippen LogP contribution in [-0.4, -0.2) is 42.2 Å². The summed E-state index contributed by atoms with van der Waals surface area (Å²) in [4.78, 5) is 13.4. The van der Waals surface area contributed by atoms with Gasteiger partial charge in [0, 0.05) is 12.6 Å². The van der Waals surface area contributed by atoms with Crippen molar-refractivity contribution in [1.82, 2.24) is 4.90 Å². The molecule has 1 N–H and O–H groups in total. The highest BCUT2D eigenvalue weighted by atomic mass is 16.5. The number of rotatable bonds is 5. The number of aliphatic carboxylic acids is 1. The van der Waals surface area contributed by atoms with Gasteiger partial charge >= 0.3 is 5.97 Å². The maximum Gasteiger partial charge on any atom is 0.306 e. The average molecular weight is 277 g/mol. The van der Waals surface area contributed by atoms with Gasteiger partial charge in [-0.05, 0) is 50.4 Å². The van der Waals surface area contributed by atoms with Gasteiger partial charge < -0.3 is 14.7 Å². The van der Waals surface area contributed by atoms with Crippen LogP contribution in [-0.2, 0) is 11.2 Å². The first-order chi connectivity index (χ1) is 9.60. The average Bonchev–Trinajstić information content (AvgIpc) is 2.46. The molecular formula is C16H23NO3. The summed E-state index contributed by atoms with van der Waals surface area (Å²) in [6.07, 6.45) is 2.52. The van der Waals surface area contributed by atoms with E-state index in [1.807, 2.05) is 12.1 Å². The fourth-order valence-corrected chi connectivity index (χ4v) is 2.84. The lowest BCUT2D eigenvalue weighted by Crippen LogP contribution is -2.43. The number of likely N-dealkylation sites (tertiary alicyclic amines) is 1. The second kappa shape index (κ2) is 6.75. The van der Waals surface area contributed by atoms with E-state index < -0.39 is 5.97 Å². The van der Waals surface area contributed by atoms with Crippen molar-refractivity contribution in [3.05, 3.63) is 29.8 Å².